The average Bonchev–Trinajstić information content (AvgIpc) is 2.88. The van der Waals surface area contributed by atoms with Gasteiger partial charge < -0.3 is 14.9 Å². The Hall–Kier alpha value is -2.03. The quantitative estimate of drug-likeness (QED) is 0.847. The number of carboxylic acids is 1. The predicted molar refractivity (Wildman–Crippen MR) is 87.9 cm³/mol. The molecule has 9 heteroatoms. The van der Waals surface area contributed by atoms with E-state index in [0.717, 1.165) is 18.0 Å². The van der Waals surface area contributed by atoms with E-state index in [2.05, 4.69) is 9.59 Å². The number of carbonyl (C=O) groups excluding carboxylic acids is 2. The number of aliphatic carboxylic acids is 1. The third-order valence-electron chi connectivity index (χ3n) is 4.22. The molecule has 1 N–H and O–H groups in total. The summed E-state index contributed by atoms with van der Waals surface area (Å²) in [5.74, 6) is -1.34. The Morgan fingerprint density at radius 3 is 2.71 bits per heavy atom. The molecule has 0 aliphatic carbocycles. The monoisotopic (exact) mass is 354 g/mol. The van der Waals surface area contributed by atoms with Gasteiger partial charge in [0.2, 0.25) is 5.91 Å². The van der Waals surface area contributed by atoms with Crippen molar-refractivity contribution in [1.29, 1.82) is 0 Å². The van der Waals surface area contributed by atoms with Gasteiger partial charge in [-0.1, -0.05) is 11.4 Å². The third kappa shape index (κ3) is 4.28. The number of nitrogens with zero attached hydrogens (tertiary/aromatic N) is 4. The third-order valence-corrected chi connectivity index (χ3v) is 4.98. The molecule has 0 spiro atoms. The molecule has 1 saturated heterocycles. The van der Waals surface area contributed by atoms with E-state index in [9.17, 15) is 14.4 Å². The van der Waals surface area contributed by atoms with Crippen molar-refractivity contribution < 1.29 is 19.5 Å². The first-order valence-corrected chi connectivity index (χ1v) is 8.80. The molecule has 132 valence electrons. The van der Waals surface area contributed by atoms with Crippen molar-refractivity contribution in [3.05, 3.63) is 10.6 Å². The standard InChI is InChI=1S/C15H22N4O4S/c1-3-12-14(24-17-16-12)15(23)18-7-4-5-11(6-8-18)19(10(2)20)9-13(21)22/h11H,3-9H2,1-2H3,(H,21,22)/t11-/m0/s1. The number of amides is 2. The van der Waals surface area contributed by atoms with Gasteiger partial charge in [0.15, 0.2) is 0 Å². The van der Waals surface area contributed by atoms with Crippen LogP contribution in [0.2, 0.25) is 0 Å². The first-order chi connectivity index (χ1) is 11.4. The number of rotatable bonds is 5. The van der Waals surface area contributed by atoms with Gasteiger partial charge >= 0.3 is 5.97 Å². The van der Waals surface area contributed by atoms with Gasteiger partial charge in [-0.2, -0.15) is 0 Å². The first-order valence-electron chi connectivity index (χ1n) is 8.03. The van der Waals surface area contributed by atoms with E-state index in [1.165, 1.54) is 11.8 Å². The Balaban J connectivity index is 2.05. The van der Waals surface area contributed by atoms with Gasteiger partial charge in [0.25, 0.3) is 5.91 Å². The molecule has 1 fully saturated rings. The molecule has 24 heavy (non-hydrogen) atoms. The molecular formula is C15H22N4O4S. The molecule has 1 aliphatic rings. The zero-order valence-corrected chi connectivity index (χ0v) is 14.7. The maximum Gasteiger partial charge on any atom is 0.323 e. The van der Waals surface area contributed by atoms with Gasteiger partial charge in [-0.05, 0) is 37.2 Å². The lowest BCUT2D eigenvalue weighted by Gasteiger charge is -2.28. The SMILES string of the molecule is CCc1nnsc1C(=O)N1CCC[C@H](N(CC(=O)O)C(C)=O)CC1. The van der Waals surface area contributed by atoms with Gasteiger partial charge in [-0.25, -0.2) is 0 Å². The van der Waals surface area contributed by atoms with E-state index in [1.54, 1.807) is 4.90 Å². The van der Waals surface area contributed by atoms with Crippen molar-refractivity contribution in [1.82, 2.24) is 19.4 Å². The Labute approximate surface area is 144 Å². The normalized spacial score (nSPS) is 18.1. The first kappa shape index (κ1) is 18.3. The van der Waals surface area contributed by atoms with E-state index in [1.807, 2.05) is 6.92 Å². The zero-order chi connectivity index (χ0) is 17.7. The second-order valence-electron chi connectivity index (χ2n) is 5.82. The highest BCUT2D eigenvalue weighted by Gasteiger charge is 2.29. The number of carboxylic acid groups (broad SMARTS) is 1. The summed E-state index contributed by atoms with van der Waals surface area (Å²) in [6.45, 7) is 4.10. The molecular weight excluding hydrogens is 332 g/mol. The van der Waals surface area contributed by atoms with Crippen molar-refractivity contribution in [2.24, 2.45) is 0 Å². The molecule has 1 aliphatic heterocycles. The number of aryl methyl sites for hydroxylation is 1. The van der Waals surface area contributed by atoms with Gasteiger partial charge in [0, 0.05) is 26.1 Å². The summed E-state index contributed by atoms with van der Waals surface area (Å²) in [6, 6.07) is -0.151. The maximum atomic E-state index is 12.7. The number of aromatic nitrogens is 2. The molecule has 8 nitrogen and oxygen atoms in total. The van der Waals surface area contributed by atoms with Gasteiger partial charge in [0.05, 0.1) is 5.69 Å². The molecule has 0 bridgehead atoms. The van der Waals surface area contributed by atoms with Crippen molar-refractivity contribution in [2.75, 3.05) is 19.6 Å². The minimum atomic E-state index is -1.02. The lowest BCUT2D eigenvalue weighted by atomic mass is 10.1. The molecule has 2 heterocycles. The van der Waals surface area contributed by atoms with Gasteiger partial charge in [0.1, 0.15) is 11.4 Å². The molecule has 2 amide bonds. The average molecular weight is 354 g/mol. The number of hydrogen-bond acceptors (Lipinski definition) is 6. The number of carbonyl (C=O) groups is 3. The molecule has 1 aromatic rings. The van der Waals surface area contributed by atoms with Crippen LogP contribution in [0.3, 0.4) is 0 Å². The number of hydrogen-bond donors (Lipinski definition) is 1. The highest BCUT2D eigenvalue weighted by molar-refractivity contribution is 7.08. The second kappa shape index (κ2) is 8.18. The van der Waals surface area contributed by atoms with Crippen LogP contribution in [0.4, 0.5) is 0 Å². The fourth-order valence-corrected chi connectivity index (χ4v) is 3.70. The van der Waals surface area contributed by atoms with Gasteiger partial charge in [-0.15, -0.1) is 5.10 Å². The van der Waals surface area contributed by atoms with E-state index in [0.29, 0.717) is 42.9 Å². The highest BCUT2D eigenvalue weighted by Crippen LogP contribution is 2.21. The van der Waals surface area contributed by atoms with Crippen LogP contribution in [0, 0.1) is 0 Å². The maximum absolute atomic E-state index is 12.7. The van der Waals surface area contributed by atoms with Crippen LogP contribution in [0.15, 0.2) is 0 Å². The Bertz CT molecular complexity index is 618. The summed E-state index contributed by atoms with van der Waals surface area (Å²) >= 11 is 1.11. The summed E-state index contributed by atoms with van der Waals surface area (Å²) < 4.78 is 3.86. The minimum Gasteiger partial charge on any atom is -0.480 e. The lowest BCUT2D eigenvalue weighted by Crippen LogP contribution is -2.43. The van der Waals surface area contributed by atoms with Crippen LogP contribution in [0.25, 0.3) is 0 Å². The summed E-state index contributed by atoms with van der Waals surface area (Å²) in [5, 5.41) is 13.0. The van der Waals surface area contributed by atoms with Crippen LogP contribution >= 0.6 is 11.5 Å². The topological polar surface area (TPSA) is 104 Å². The molecule has 2 rings (SSSR count). The molecule has 0 radical (unpaired) electrons. The molecule has 1 aromatic heterocycles. The van der Waals surface area contributed by atoms with Crippen LogP contribution in [-0.2, 0) is 16.0 Å². The summed E-state index contributed by atoms with van der Waals surface area (Å²) in [7, 11) is 0. The molecule has 1 atom stereocenters. The van der Waals surface area contributed by atoms with Crippen molar-refractivity contribution in [3.63, 3.8) is 0 Å². The van der Waals surface area contributed by atoms with Crippen molar-refractivity contribution in [2.45, 2.75) is 45.6 Å². The fourth-order valence-electron chi connectivity index (χ4n) is 2.98. The van der Waals surface area contributed by atoms with Crippen molar-refractivity contribution >= 4 is 29.3 Å². The second-order valence-corrected chi connectivity index (χ2v) is 6.57. The summed E-state index contributed by atoms with van der Waals surface area (Å²) in [5.41, 5.74) is 0.710. The van der Waals surface area contributed by atoms with E-state index in [-0.39, 0.29) is 24.4 Å². The smallest absolute Gasteiger partial charge is 0.323 e. The fraction of sp³-hybridized carbons (Fsp3) is 0.667. The van der Waals surface area contributed by atoms with Crippen LogP contribution in [-0.4, -0.2) is 68.0 Å². The molecule has 0 saturated carbocycles. The predicted octanol–water partition coefficient (Wildman–Crippen LogP) is 1.03. The van der Waals surface area contributed by atoms with E-state index in [4.69, 9.17) is 5.11 Å². The lowest BCUT2D eigenvalue weighted by molar-refractivity contribution is -0.145. The molecule has 0 aromatic carbocycles. The Morgan fingerprint density at radius 1 is 1.33 bits per heavy atom. The van der Waals surface area contributed by atoms with E-state index < -0.39 is 5.97 Å². The van der Waals surface area contributed by atoms with Crippen LogP contribution in [0.1, 0.15) is 48.5 Å². The molecule has 0 unspecified atom stereocenters. The van der Waals surface area contributed by atoms with Gasteiger partial charge in [-0.3, -0.25) is 14.4 Å². The zero-order valence-electron chi connectivity index (χ0n) is 13.9. The van der Waals surface area contributed by atoms with Crippen LogP contribution < -0.4 is 0 Å². The van der Waals surface area contributed by atoms with E-state index >= 15 is 0 Å². The Kier molecular flexibility index (Phi) is 6.24. The number of likely N-dealkylation sites (tertiary alicyclic amines) is 1. The minimum absolute atomic E-state index is 0.0740. The largest absolute Gasteiger partial charge is 0.480 e. The van der Waals surface area contributed by atoms with Crippen molar-refractivity contribution in [3.8, 4) is 0 Å². The highest BCUT2D eigenvalue weighted by atomic mass is 32.1. The Morgan fingerprint density at radius 2 is 2.08 bits per heavy atom. The summed E-state index contributed by atoms with van der Waals surface area (Å²) in [4.78, 5) is 39.1. The summed E-state index contributed by atoms with van der Waals surface area (Å²) in [6.07, 6.45) is 2.66. The van der Waals surface area contributed by atoms with Crippen LogP contribution in [0.5, 0.6) is 0 Å².